The fourth-order valence-corrected chi connectivity index (χ4v) is 3.31. The molecule has 29 heavy (non-hydrogen) atoms. The number of benzene rings is 1. The summed E-state index contributed by atoms with van der Waals surface area (Å²) < 4.78 is 4.86. The van der Waals surface area contributed by atoms with Gasteiger partial charge < -0.3 is 20.3 Å². The zero-order valence-electron chi connectivity index (χ0n) is 18.0. The van der Waals surface area contributed by atoms with Gasteiger partial charge in [0.1, 0.15) is 0 Å². The first-order valence-corrected chi connectivity index (χ1v) is 10.5. The maximum atomic E-state index is 12.4. The minimum absolute atomic E-state index is 0.0279. The molecule has 1 aromatic carbocycles. The number of likely N-dealkylation sites (tertiary alicyclic amines) is 1. The number of nitrogens with zero attached hydrogens (tertiary/aromatic N) is 2. The molecule has 0 aromatic heterocycles. The number of guanidine groups is 1. The smallest absolute Gasteiger partial charge is 0.308 e. The van der Waals surface area contributed by atoms with Crippen molar-refractivity contribution in [3.05, 3.63) is 35.4 Å². The van der Waals surface area contributed by atoms with E-state index in [0.717, 1.165) is 50.4 Å². The molecule has 160 valence electrons. The second-order valence-corrected chi connectivity index (χ2v) is 7.44. The first-order chi connectivity index (χ1) is 14.0. The number of nitrogens with one attached hydrogen (secondary N) is 2. The van der Waals surface area contributed by atoms with Crippen molar-refractivity contribution in [2.24, 2.45) is 10.9 Å². The van der Waals surface area contributed by atoms with Gasteiger partial charge in [-0.05, 0) is 50.8 Å². The molecular weight excluding hydrogens is 368 g/mol. The Morgan fingerprint density at radius 2 is 2.00 bits per heavy atom. The number of ether oxygens (including phenoxy) is 1. The summed E-state index contributed by atoms with van der Waals surface area (Å²) in [5, 5.41) is 6.33. The Balaban J connectivity index is 2.02. The Morgan fingerprint density at radius 1 is 1.28 bits per heavy atom. The van der Waals surface area contributed by atoms with E-state index in [2.05, 4.69) is 15.5 Å². The number of aliphatic imine (C=N–C) groups is 1. The molecular formula is C22H34N4O3. The molecule has 0 radical (unpaired) electrons. The van der Waals surface area contributed by atoms with Crippen molar-refractivity contribution in [2.45, 2.75) is 52.6 Å². The van der Waals surface area contributed by atoms with Crippen LogP contribution in [0.4, 0.5) is 0 Å². The van der Waals surface area contributed by atoms with Crippen LogP contribution in [-0.2, 0) is 16.1 Å². The topological polar surface area (TPSA) is 83.0 Å². The SMILES string of the molecule is CCNC(=NCc1cccc(C(=O)NC(C)CC)c1)N1CCC(C(=O)OC)CC1. The molecule has 7 heteroatoms. The number of piperidine rings is 1. The van der Waals surface area contributed by atoms with Gasteiger partial charge in [-0.3, -0.25) is 9.59 Å². The third-order valence-corrected chi connectivity index (χ3v) is 5.25. The van der Waals surface area contributed by atoms with Crippen LogP contribution in [0.15, 0.2) is 29.3 Å². The lowest BCUT2D eigenvalue weighted by Gasteiger charge is -2.33. The summed E-state index contributed by atoms with van der Waals surface area (Å²) in [4.78, 5) is 31.0. The highest BCUT2D eigenvalue weighted by Gasteiger charge is 2.26. The van der Waals surface area contributed by atoms with E-state index >= 15 is 0 Å². The van der Waals surface area contributed by atoms with Gasteiger partial charge in [0.25, 0.3) is 5.91 Å². The Bertz CT molecular complexity index is 712. The zero-order valence-corrected chi connectivity index (χ0v) is 18.0. The highest BCUT2D eigenvalue weighted by Crippen LogP contribution is 2.18. The zero-order chi connectivity index (χ0) is 21.2. The van der Waals surface area contributed by atoms with Crippen molar-refractivity contribution in [2.75, 3.05) is 26.7 Å². The van der Waals surface area contributed by atoms with Gasteiger partial charge >= 0.3 is 5.97 Å². The first kappa shape index (κ1) is 22.7. The molecule has 2 rings (SSSR count). The summed E-state index contributed by atoms with van der Waals surface area (Å²) in [6.45, 7) is 8.88. The number of amides is 1. The van der Waals surface area contributed by atoms with E-state index in [4.69, 9.17) is 9.73 Å². The highest BCUT2D eigenvalue weighted by molar-refractivity contribution is 5.94. The van der Waals surface area contributed by atoms with E-state index in [1.165, 1.54) is 7.11 Å². The normalized spacial score (nSPS) is 16.3. The van der Waals surface area contributed by atoms with Crippen LogP contribution >= 0.6 is 0 Å². The molecule has 1 saturated heterocycles. The van der Waals surface area contributed by atoms with Crippen LogP contribution in [0.3, 0.4) is 0 Å². The summed E-state index contributed by atoms with van der Waals surface area (Å²) in [7, 11) is 1.44. The lowest BCUT2D eigenvalue weighted by Crippen LogP contribution is -2.46. The molecule has 1 aliphatic heterocycles. The molecule has 1 heterocycles. The van der Waals surface area contributed by atoms with Gasteiger partial charge in [-0.15, -0.1) is 0 Å². The number of hydrogen-bond donors (Lipinski definition) is 2. The van der Waals surface area contributed by atoms with Crippen LogP contribution in [0.2, 0.25) is 0 Å². The van der Waals surface area contributed by atoms with Gasteiger partial charge in [-0.25, -0.2) is 4.99 Å². The Morgan fingerprint density at radius 3 is 2.62 bits per heavy atom. The molecule has 2 N–H and O–H groups in total. The Hall–Kier alpha value is -2.57. The maximum absolute atomic E-state index is 12.4. The van der Waals surface area contributed by atoms with Crippen molar-refractivity contribution in [3.8, 4) is 0 Å². The van der Waals surface area contributed by atoms with Crippen molar-refractivity contribution in [1.82, 2.24) is 15.5 Å². The average Bonchev–Trinajstić information content (AvgIpc) is 2.76. The van der Waals surface area contributed by atoms with Crippen LogP contribution in [-0.4, -0.2) is 55.5 Å². The summed E-state index contributed by atoms with van der Waals surface area (Å²) in [6.07, 6.45) is 2.43. The molecule has 0 saturated carbocycles. The minimum atomic E-state index is -0.126. The number of hydrogen-bond acceptors (Lipinski definition) is 4. The van der Waals surface area contributed by atoms with Gasteiger partial charge in [0.15, 0.2) is 5.96 Å². The van der Waals surface area contributed by atoms with Gasteiger partial charge in [-0.1, -0.05) is 19.1 Å². The van der Waals surface area contributed by atoms with Crippen LogP contribution in [0.5, 0.6) is 0 Å². The molecule has 1 unspecified atom stereocenters. The predicted octanol–water partition coefficient (Wildman–Crippen LogP) is 2.57. The molecule has 1 aliphatic rings. The highest BCUT2D eigenvalue weighted by atomic mass is 16.5. The van der Waals surface area contributed by atoms with Gasteiger partial charge in [0.05, 0.1) is 19.6 Å². The Kier molecular flexibility index (Phi) is 8.96. The van der Waals surface area contributed by atoms with E-state index in [1.54, 1.807) is 0 Å². The van der Waals surface area contributed by atoms with Crippen LogP contribution in [0, 0.1) is 5.92 Å². The largest absolute Gasteiger partial charge is 0.469 e. The third-order valence-electron chi connectivity index (χ3n) is 5.25. The molecule has 1 atom stereocenters. The van der Waals surface area contributed by atoms with E-state index in [1.807, 2.05) is 45.0 Å². The second kappa shape index (κ2) is 11.4. The molecule has 0 bridgehead atoms. The van der Waals surface area contributed by atoms with Gasteiger partial charge in [0.2, 0.25) is 0 Å². The number of carbonyl (C=O) groups excluding carboxylic acids is 2. The molecule has 1 amide bonds. The lowest BCUT2D eigenvalue weighted by atomic mass is 9.97. The summed E-state index contributed by atoms with van der Waals surface area (Å²) >= 11 is 0. The van der Waals surface area contributed by atoms with Crippen LogP contribution < -0.4 is 10.6 Å². The van der Waals surface area contributed by atoms with Crippen molar-refractivity contribution >= 4 is 17.8 Å². The van der Waals surface area contributed by atoms with Crippen LogP contribution in [0.25, 0.3) is 0 Å². The fourth-order valence-electron chi connectivity index (χ4n) is 3.31. The maximum Gasteiger partial charge on any atom is 0.308 e. The third kappa shape index (κ3) is 6.76. The van der Waals surface area contributed by atoms with Crippen molar-refractivity contribution < 1.29 is 14.3 Å². The summed E-state index contributed by atoms with van der Waals surface area (Å²) in [6, 6.07) is 7.75. The number of esters is 1. The average molecular weight is 403 g/mol. The second-order valence-electron chi connectivity index (χ2n) is 7.44. The molecule has 7 nitrogen and oxygen atoms in total. The van der Waals surface area contributed by atoms with Crippen LogP contribution in [0.1, 0.15) is 56.0 Å². The van der Waals surface area contributed by atoms with E-state index in [-0.39, 0.29) is 23.8 Å². The predicted molar refractivity (Wildman–Crippen MR) is 115 cm³/mol. The van der Waals surface area contributed by atoms with E-state index in [9.17, 15) is 9.59 Å². The summed E-state index contributed by atoms with van der Waals surface area (Å²) in [5.41, 5.74) is 1.64. The summed E-state index contributed by atoms with van der Waals surface area (Å²) in [5.74, 6) is 0.631. The fraction of sp³-hybridized carbons (Fsp3) is 0.591. The molecule has 1 fully saturated rings. The van der Waals surface area contributed by atoms with Gasteiger partial charge in [0, 0.05) is 31.2 Å². The van der Waals surface area contributed by atoms with E-state index < -0.39 is 0 Å². The van der Waals surface area contributed by atoms with E-state index in [0.29, 0.717) is 12.1 Å². The number of rotatable bonds is 7. The lowest BCUT2D eigenvalue weighted by molar-refractivity contribution is -0.146. The monoisotopic (exact) mass is 402 g/mol. The number of methoxy groups -OCH3 is 1. The quantitative estimate of drug-likeness (QED) is 0.416. The Labute approximate surface area is 173 Å². The molecule has 0 aliphatic carbocycles. The first-order valence-electron chi connectivity index (χ1n) is 10.5. The van der Waals surface area contributed by atoms with Gasteiger partial charge in [-0.2, -0.15) is 0 Å². The van der Waals surface area contributed by atoms with Crippen molar-refractivity contribution in [1.29, 1.82) is 0 Å². The molecule has 1 aromatic rings. The van der Waals surface area contributed by atoms with Crippen molar-refractivity contribution in [3.63, 3.8) is 0 Å². The minimum Gasteiger partial charge on any atom is -0.469 e. The number of carbonyl (C=O) groups is 2. The molecule has 0 spiro atoms. The standard InChI is InChI=1S/C22H34N4O3/c1-5-16(3)25-20(27)19-9-7-8-17(14-19)15-24-22(23-6-2)26-12-10-18(11-13-26)21(28)29-4/h7-9,14,16,18H,5-6,10-13,15H2,1-4H3,(H,23,24)(H,25,27).